The van der Waals surface area contributed by atoms with Crippen molar-refractivity contribution in [2.45, 2.75) is 26.8 Å². The van der Waals surface area contributed by atoms with Crippen LogP contribution in [-0.2, 0) is 7.05 Å². The van der Waals surface area contributed by atoms with Crippen LogP contribution in [0.3, 0.4) is 0 Å². The largest absolute Gasteiger partial charge is 0.455 e. The quantitative estimate of drug-likeness (QED) is 0.353. The maximum Gasteiger partial charge on any atom is 0.196 e. The Morgan fingerprint density at radius 1 is 1.00 bits per heavy atom. The minimum absolute atomic E-state index is 0.00258. The lowest BCUT2D eigenvalue weighted by Crippen LogP contribution is -2.12. The molecule has 0 aliphatic carbocycles. The van der Waals surface area contributed by atoms with E-state index in [2.05, 4.69) is 28.6 Å². The van der Waals surface area contributed by atoms with E-state index in [0.29, 0.717) is 22.3 Å². The summed E-state index contributed by atoms with van der Waals surface area (Å²) in [6, 6.07) is 21.6. The predicted octanol–water partition coefficient (Wildman–Crippen LogP) is 6.05. The standard InChI is InChI=1S/C28H26N4O2/c1-17-14-22(19(3)29-24-13-9-8-12-21(24)25-16-32(4)31-30-25)28-23(15-17)26(33)18(2)27(34-28)20-10-6-5-7-11-20/h5-16,19,29H,1-4H3. The number of nitrogens with zero attached hydrogens (tertiary/aromatic N) is 3. The number of aryl methyl sites for hydroxylation is 2. The van der Waals surface area contributed by atoms with Crippen LogP contribution in [0, 0.1) is 13.8 Å². The summed E-state index contributed by atoms with van der Waals surface area (Å²) >= 11 is 0. The van der Waals surface area contributed by atoms with Gasteiger partial charge >= 0.3 is 0 Å². The SMILES string of the molecule is Cc1cc(C(C)Nc2ccccc2-c2cn(C)nn2)c2oc(-c3ccccc3)c(C)c(=O)c2c1. The number of hydrogen-bond acceptors (Lipinski definition) is 5. The Bertz CT molecular complexity index is 1550. The topological polar surface area (TPSA) is 73.0 Å². The van der Waals surface area contributed by atoms with E-state index in [0.717, 1.165) is 33.6 Å². The van der Waals surface area contributed by atoms with Gasteiger partial charge < -0.3 is 9.73 Å². The van der Waals surface area contributed by atoms with Crippen molar-refractivity contribution >= 4 is 16.7 Å². The van der Waals surface area contributed by atoms with Crippen LogP contribution in [0.2, 0.25) is 0 Å². The minimum Gasteiger partial charge on any atom is -0.455 e. The van der Waals surface area contributed by atoms with Gasteiger partial charge in [-0.25, -0.2) is 0 Å². The number of aromatic nitrogens is 3. The summed E-state index contributed by atoms with van der Waals surface area (Å²) in [5.74, 6) is 0.607. The van der Waals surface area contributed by atoms with Crippen molar-refractivity contribution in [2.24, 2.45) is 7.05 Å². The highest BCUT2D eigenvalue weighted by molar-refractivity contribution is 5.85. The van der Waals surface area contributed by atoms with E-state index in [1.54, 1.807) is 4.68 Å². The number of rotatable bonds is 5. The average molecular weight is 451 g/mol. The van der Waals surface area contributed by atoms with Crippen molar-refractivity contribution in [2.75, 3.05) is 5.32 Å². The first kappa shape index (κ1) is 21.6. The van der Waals surface area contributed by atoms with Gasteiger partial charge in [-0.1, -0.05) is 59.8 Å². The molecule has 0 fully saturated rings. The third-order valence-corrected chi connectivity index (χ3v) is 6.07. The van der Waals surface area contributed by atoms with Crippen LogP contribution in [0.5, 0.6) is 0 Å². The van der Waals surface area contributed by atoms with Crippen molar-refractivity contribution in [3.63, 3.8) is 0 Å². The summed E-state index contributed by atoms with van der Waals surface area (Å²) in [6.45, 7) is 5.90. The van der Waals surface area contributed by atoms with Crippen LogP contribution in [-0.4, -0.2) is 15.0 Å². The van der Waals surface area contributed by atoms with E-state index < -0.39 is 0 Å². The summed E-state index contributed by atoms with van der Waals surface area (Å²) in [7, 11) is 1.85. The molecule has 0 saturated carbocycles. The Morgan fingerprint density at radius 2 is 1.74 bits per heavy atom. The van der Waals surface area contributed by atoms with Crippen LogP contribution in [0.15, 0.2) is 82.1 Å². The number of fused-ring (bicyclic) bond motifs is 1. The molecule has 2 aromatic heterocycles. The fourth-order valence-electron chi connectivity index (χ4n) is 4.37. The van der Waals surface area contributed by atoms with Crippen molar-refractivity contribution in [3.05, 3.63) is 99.8 Å². The number of anilines is 1. The summed E-state index contributed by atoms with van der Waals surface area (Å²) < 4.78 is 8.14. The second kappa shape index (κ2) is 8.63. The Labute approximate surface area is 197 Å². The first-order valence-corrected chi connectivity index (χ1v) is 11.3. The van der Waals surface area contributed by atoms with Crippen LogP contribution in [0.25, 0.3) is 33.6 Å². The number of para-hydroxylation sites is 1. The maximum atomic E-state index is 13.4. The average Bonchev–Trinajstić information content (AvgIpc) is 3.28. The zero-order valence-corrected chi connectivity index (χ0v) is 19.7. The van der Waals surface area contributed by atoms with E-state index in [1.165, 1.54) is 0 Å². The van der Waals surface area contributed by atoms with Gasteiger partial charge in [0, 0.05) is 35.0 Å². The molecule has 6 heteroatoms. The summed E-state index contributed by atoms with van der Waals surface area (Å²) in [5.41, 5.74) is 6.73. The summed E-state index contributed by atoms with van der Waals surface area (Å²) in [5, 5.41) is 12.5. The van der Waals surface area contributed by atoms with Crippen LogP contribution < -0.4 is 10.7 Å². The number of nitrogens with one attached hydrogen (secondary N) is 1. The van der Waals surface area contributed by atoms with Crippen molar-refractivity contribution in [1.29, 1.82) is 0 Å². The van der Waals surface area contributed by atoms with Crippen molar-refractivity contribution in [1.82, 2.24) is 15.0 Å². The minimum atomic E-state index is -0.130. The molecule has 0 radical (unpaired) electrons. The lowest BCUT2D eigenvalue weighted by Gasteiger charge is -2.20. The van der Waals surface area contributed by atoms with E-state index in [1.807, 2.05) is 87.8 Å². The molecule has 0 spiro atoms. The van der Waals surface area contributed by atoms with Gasteiger partial charge in [-0.05, 0) is 38.5 Å². The maximum absolute atomic E-state index is 13.4. The van der Waals surface area contributed by atoms with Gasteiger partial charge in [0.2, 0.25) is 0 Å². The molecule has 1 N–H and O–H groups in total. The van der Waals surface area contributed by atoms with E-state index >= 15 is 0 Å². The molecular weight excluding hydrogens is 424 g/mol. The number of benzene rings is 3. The predicted molar refractivity (Wildman–Crippen MR) is 136 cm³/mol. The summed E-state index contributed by atoms with van der Waals surface area (Å²) in [6.07, 6.45) is 1.89. The zero-order chi connectivity index (χ0) is 23.8. The molecule has 5 rings (SSSR count). The Kier molecular flexibility index (Phi) is 5.49. The second-order valence-electron chi connectivity index (χ2n) is 8.67. The van der Waals surface area contributed by atoms with Gasteiger partial charge in [-0.15, -0.1) is 5.10 Å². The first-order valence-electron chi connectivity index (χ1n) is 11.3. The number of hydrogen-bond donors (Lipinski definition) is 1. The molecule has 0 aliphatic heterocycles. The molecule has 0 amide bonds. The van der Waals surface area contributed by atoms with Crippen LogP contribution >= 0.6 is 0 Å². The molecule has 1 atom stereocenters. The molecular formula is C28H26N4O2. The molecule has 3 aromatic carbocycles. The van der Waals surface area contributed by atoms with Gasteiger partial charge in [0.05, 0.1) is 17.6 Å². The van der Waals surface area contributed by atoms with E-state index in [9.17, 15) is 4.79 Å². The molecule has 5 aromatic rings. The molecule has 34 heavy (non-hydrogen) atoms. The molecule has 0 bridgehead atoms. The van der Waals surface area contributed by atoms with Gasteiger partial charge in [0.1, 0.15) is 17.0 Å². The van der Waals surface area contributed by atoms with Crippen LogP contribution in [0.1, 0.15) is 29.7 Å². The highest BCUT2D eigenvalue weighted by Crippen LogP contribution is 2.34. The Morgan fingerprint density at radius 3 is 2.47 bits per heavy atom. The fraction of sp³-hybridized carbons (Fsp3) is 0.179. The summed E-state index contributed by atoms with van der Waals surface area (Å²) in [4.78, 5) is 13.4. The molecule has 170 valence electrons. The fourth-order valence-corrected chi connectivity index (χ4v) is 4.37. The lowest BCUT2D eigenvalue weighted by molar-refractivity contribution is 0.605. The first-order chi connectivity index (χ1) is 16.4. The van der Waals surface area contributed by atoms with Gasteiger partial charge in [-0.3, -0.25) is 9.48 Å². The molecule has 0 aliphatic rings. The van der Waals surface area contributed by atoms with Crippen LogP contribution in [0.4, 0.5) is 5.69 Å². The molecule has 0 saturated heterocycles. The lowest BCUT2D eigenvalue weighted by atomic mass is 9.98. The third-order valence-electron chi connectivity index (χ3n) is 6.07. The highest BCUT2D eigenvalue weighted by Gasteiger charge is 2.20. The van der Waals surface area contributed by atoms with E-state index in [-0.39, 0.29) is 11.5 Å². The van der Waals surface area contributed by atoms with Crippen molar-refractivity contribution in [3.8, 4) is 22.6 Å². The van der Waals surface area contributed by atoms with Gasteiger partial charge in [0.15, 0.2) is 5.43 Å². The monoisotopic (exact) mass is 450 g/mol. The second-order valence-corrected chi connectivity index (χ2v) is 8.67. The van der Waals surface area contributed by atoms with Crippen molar-refractivity contribution < 1.29 is 4.42 Å². The Hall–Kier alpha value is -4.19. The van der Waals surface area contributed by atoms with Gasteiger partial charge in [0.25, 0.3) is 0 Å². The zero-order valence-electron chi connectivity index (χ0n) is 19.7. The smallest absolute Gasteiger partial charge is 0.196 e. The Balaban J connectivity index is 1.63. The van der Waals surface area contributed by atoms with E-state index in [4.69, 9.17) is 4.42 Å². The van der Waals surface area contributed by atoms with Gasteiger partial charge in [-0.2, -0.15) is 0 Å². The molecule has 6 nitrogen and oxygen atoms in total. The molecule has 2 heterocycles. The molecule has 1 unspecified atom stereocenters. The third kappa shape index (κ3) is 3.88. The highest BCUT2D eigenvalue weighted by atomic mass is 16.3. The normalized spacial score (nSPS) is 12.1.